The smallest absolute Gasteiger partial charge is 0.258 e. The summed E-state index contributed by atoms with van der Waals surface area (Å²) in [4.78, 5) is 15.5. The molecule has 1 saturated heterocycles. The fourth-order valence-corrected chi connectivity index (χ4v) is 4.67. The number of hydrogen-bond acceptors (Lipinski definition) is 3. The molecule has 6 heteroatoms. The molecular weight excluding hydrogens is 349 g/mol. The number of carbonyl (C=O) groups excluding carboxylic acids is 1. The Bertz CT molecular complexity index is 933. The van der Waals surface area contributed by atoms with Crippen molar-refractivity contribution in [3.63, 3.8) is 0 Å². The molecule has 0 spiro atoms. The Morgan fingerprint density at radius 1 is 1.19 bits per heavy atom. The first kappa shape index (κ1) is 17.0. The van der Waals surface area contributed by atoms with E-state index in [4.69, 9.17) is 5.73 Å². The minimum absolute atomic E-state index is 0.229. The van der Waals surface area contributed by atoms with Crippen LogP contribution in [0.1, 0.15) is 39.1 Å². The van der Waals surface area contributed by atoms with E-state index in [0.717, 1.165) is 31.6 Å². The highest BCUT2D eigenvalue weighted by Gasteiger charge is 2.28. The fourth-order valence-electron chi connectivity index (χ4n) is 3.64. The molecule has 2 aromatic heterocycles. The van der Waals surface area contributed by atoms with E-state index in [0.29, 0.717) is 10.6 Å². The lowest BCUT2D eigenvalue weighted by Crippen LogP contribution is -2.23. The van der Waals surface area contributed by atoms with Crippen LogP contribution in [-0.2, 0) is 6.54 Å². The SMILES string of the molecule is NC(=O)c1ccc(C2CCCN2Cc2cccn2-c2ccccc2F)s1. The lowest BCUT2D eigenvalue weighted by Gasteiger charge is -2.24. The summed E-state index contributed by atoms with van der Waals surface area (Å²) in [7, 11) is 0. The first-order valence-corrected chi connectivity index (χ1v) is 9.50. The van der Waals surface area contributed by atoms with Gasteiger partial charge in [0.05, 0.1) is 10.6 Å². The van der Waals surface area contributed by atoms with Crippen LogP contribution < -0.4 is 5.73 Å². The number of rotatable bonds is 5. The minimum Gasteiger partial charge on any atom is -0.365 e. The van der Waals surface area contributed by atoms with Crippen molar-refractivity contribution in [3.05, 3.63) is 76.0 Å². The summed E-state index contributed by atoms with van der Waals surface area (Å²) >= 11 is 1.47. The van der Waals surface area contributed by atoms with Crippen LogP contribution >= 0.6 is 11.3 Å². The molecule has 0 saturated carbocycles. The normalized spacial score (nSPS) is 17.7. The maximum atomic E-state index is 14.2. The molecule has 1 unspecified atom stereocenters. The molecule has 1 aromatic carbocycles. The molecule has 2 N–H and O–H groups in total. The van der Waals surface area contributed by atoms with E-state index in [1.54, 1.807) is 18.2 Å². The standard InChI is InChI=1S/C20H20FN3OS/c21-15-6-1-2-7-16(15)24-12-3-5-14(24)13-23-11-4-8-17(23)18-9-10-19(26-18)20(22)25/h1-3,5-7,9-10,12,17H,4,8,11,13H2,(H2,22,25). The third-order valence-corrected chi connectivity index (χ3v) is 6.07. The average Bonchev–Trinajstić information content (AvgIpc) is 3.35. The summed E-state index contributed by atoms with van der Waals surface area (Å²) in [6.45, 7) is 1.72. The van der Waals surface area contributed by atoms with Crippen LogP contribution in [-0.4, -0.2) is 21.9 Å². The number of thiophene rings is 1. The predicted octanol–water partition coefficient (Wildman–Crippen LogP) is 4.11. The summed E-state index contributed by atoms with van der Waals surface area (Å²) in [6.07, 6.45) is 4.06. The highest BCUT2D eigenvalue weighted by atomic mass is 32.1. The second kappa shape index (κ2) is 7.05. The van der Waals surface area contributed by atoms with Gasteiger partial charge >= 0.3 is 0 Å². The summed E-state index contributed by atoms with van der Waals surface area (Å²) in [5.41, 5.74) is 7.00. The maximum Gasteiger partial charge on any atom is 0.258 e. The maximum absolute atomic E-state index is 14.2. The minimum atomic E-state index is -0.376. The summed E-state index contributed by atoms with van der Waals surface area (Å²) in [5.74, 6) is -0.605. The van der Waals surface area contributed by atoms with Crippen molar-refractivity contribution in [2.24, 2.45) is 5.73 Å². The Morgan fingerprint density at radius 3 is 2.81 bits per heavy atom. The monoisotopic (exact) mass is 369 g/mol. The van der Waals surface area contributed by atoms with E-state index in [9.17, 15) is 9.18 Å². The quantitative estimate of drug-likeness (QED) is 0.736. The molecule has 1 aliphatic heterocycles. The van der Waals surface area contributed by atoms with Gasteiger partial charge in [0.25, 0.3) is 5.91 Å². The van der Waals surface area contributed by atoms with Crippen molar-refractivity contribution in [3.8, 4) is 5.69 Å². The molecule has 1 fully saturated rings. The molecule has 26 heavy (non-hydrogen) atoms. The molecule has 4 rings (SSSR count). The highest BCUT2D eigenvalue weighted by molar-refractivity contribution is 7.14. The zero-order valence-corrected chi connectivity index (χ0v) is 15.1. The van der Waals surface area contributed by atoms with Gasteiger partial charge in [0.15, 0.2) is 0 Å². The van der Waals surface area contributed by atoms with Gasteiger partial charge in [0.2, 0.25) is 0 Å². The number of hydrogen-bond donors (Lipinski definition) is 1. The zero-order valence-electron chi connectivity index (χ0n) is 14.3. The Labute approximate surface area is 155 Å². The molecule has 1 atom stereocenters. The third kappa shape index (κ3) is 3.18. The Hall–Kier alpha value is -2.44. The number of nitrogens with two attached hydrogens (primary N) is 1. The lowest BCUT2D eigenvalue weighted by molar-refractivity contribution is 0.100. The van der Waals surface area contributed by atoms with Crippen molar-refractivity contribution in [1.29, 1.82) is 0 Å². The van der Waals surface area contributed by atoms with Gasteiger partial charge in [-0.3, -0.25) is 9.69 Å². The summed E-state index contributed by atoms with van der Waals surface area (Å²) in [5, 5.41) is 0. The number of carbonyl (C=O) groups is 1. The van der Waals surface area contributed by atoms with E-state index in [1.807, 2.05) is 35.0 Å². The number of halogens is 1. The molecule has 134 valence electrons. The second-order valence-electron chi connectivity index (χ2n) is 6.52. The van der Waals surface area contributed by atoms with Gasteiger partial charge in [-0.05, 0) is 55.8 Å². The van der Waals surface area contributed by atoms with Crippen LogP contribution in [0.2, 0.25) is 0 Å². The molecule has 3 aromatic rings. The summed E-state index contributed by atoms with van der Waals surface area (Å²) < 4.78 is 16.1. The molecular formula is C20H20FN3OS. The van der Waals surface area contributed by atoms with Gasteiger partial charge in [-0.25, -0.2) is 4.39 Å². The number of para-hydroxylation sites is 1. The van der Waals surface area contributed by atoms with Crippen LogP contribution in [0.3, 0.4) is 0 Å². The van der Waals surface area contributed by atoms with Crippen LogP contribution in [0, 0.1) is 5.82 Å². The van der Waals surface area contributed by atoms with E-state index in [2.05, 4.69) is 4.90 Å². The van der Waals surface area contributed by atoms with Crippen LogP contribution in [0.25, 0.3) is 5.69 Å². The third-order valence-electron chi connectivity index (χ3n) is 4.87. The molecule has 0 aliphatic carbocycles. The van der Waals surface area contributed by atoms with Gasteiger partial charge in [-0.2, -0.15) is 0 Å². The number of amides is 1. The van der Waals surface area contributed by atoms with Crippen molar-refractivity contribution < 1.29 is 9.18 Å². The number of aromatic nitrogens is 1. The van der Waals surface area contributed by atoms with Gasteiger partial charge in [0, 0.05) is 29.4 Å². The number of primary amides is 1. The number of benzene rings is 1. The first-order valence-electron chi connectivity index (χ1n) is 8.68. The van der Waals surface area contributed by atoms with Gasteiger partial charge in [-0.1, -0.05) is 12.1 Å². The fraction of sp³-hybridized carbons (Fsp3) is 0.250. The largest absolute Gasteiger partial charge is 0.365 e. The van der Waals surface area contributed by atoms with Crippen LogP contribution in [0.15, 0.2) is 54.7 Å². The van der Waals surface area contributed by atoms with Gasteiger partial charge in [-0.15, -0.1) is 11.3 Å². The first-order chi connectivity index (χ1) is 12.6. The molecule has 0 bridgehead atoms. The van der Waals surface area contributed by atoms with Gasteiger partial charge < -0.3 is 10.3 Å². The summed E-state index contributed by atoms with van der Waals surface area (Å²) in [6, 6.07) is 14.9. The molecule has 1 amide bonds. The average molecular weight is 369 g/mol. The topological polar surface area (TPSA) is 51.3 Å². The van der Waals surface area contributed by atoms with Crippen LogP contribution in [0.5, 0.6) is 0 Å². The van der Waals surface area contributed by atoms with E-state index in [-0.39, 0.29) is 17.8 Å². The predicted molar refractivity (Wildman–Crippen MR) is 101 cm³/mol. The second-order valence-corrected chi connectivity index (χ2v) is 7.63. The highest BCUT2D eigenvalue weighted by Crippen LogP contribution is 2.37. The lowest BCUT2D eigenvalue weighted by atomic mass is 10.2. The Morgan fingerprint density at radius 2 is 2.04 bits per heavy atom. The van der Waals surface area contributed by atoms with E-state index < -0.39 is 0 Å². The van der Waals surface area contributed by atoms with E-state index in [1.165, 1.54) is 22.3 Å². The van der Waals surface area contributed by atoms with Crippen molar-refractivity contribution >= 4 is 17.2 Å². The molecule has 1 aliphatic rings. The number of likely N-dealkylation sites (tertiary alicyclic amines) is 1. The Balaban J connectivity index is 1.58. The van der Waals surface area contributed by atoms with Crippen molar-refractivity contribution in [1.82, 2.24) is 9.47 Å². The zero-order chi connectivity index (χ0) is 18.1. The molecule has 3 heterocycles. The van der Waals surface area contributed by atoms with E-state index >= 15 is 0 Å². The molecule has 0 radical (unpaired) electrons. The van der Waals surface area contributed by atoms with Crippen molar-refractivity contribution in [2.45, 2.75) is 25.4 Å². The van der Waals surface area contributed by atoms with Crippen molar-refractivity contribution in [2.75, 3.05) is 6.54 Å². The van der Waals surface area contributed by atoms with Crippen LogP contribution in [0.4, 0.5) is 4.39 Å². The molecule has 4 nitrogen and oxygen atoms in total. The van der Waals surface area contributed by atoms with Gasteiger partial charge in [0.1, 0.15) is 5.82 Å². The Kier molecular flexibility index (Phi) is 4.61. The number of nitrogens with zero attached hydrogens (tertiary/aromatic N) is 2.